The summed E-state index contributed by atoms with van der Waals surface area (Å²) >= 11 is -0.693. The Balaban J connectivity index is 5.00. The summed E-state index contributed by atoms with van der Waals surface area (Å²) in [5.41, 5.74) is 0. The Bertz CT molecular complexity index is 236. The quantitative estimate of drug-likeness (QED) is 0.426. The van der Waals surface area contributed by atoms with Gasteiger partial charge in [-0.05, 0) is 0 Å². The summed E-state index contributed by atoms with van der Waals surface area (Å²) in [4.78, 5) is 0. The first-order valence-electron chi connectivity index (χ1n) is 8.67. The second-order valence-electron chi connectivity index (χ2n) is 6.14. The molecule has 2 radical (unpaired) electrons. The predicted molar refractivity (Wildman–Crippen MR) is 92.5 cm³/mol. The zero-order chi connectivity index (χ0) is 15.4. The van der Waals surface area contributed by atoms with Gasteiger partial charge in [0.2, 0.25) is 0 Å². The minimum absolute atomic E-state index is 0.212. The van der Waals surface area contributed by atoms with Gasteiger partial charge in [-0.2, -0.15) is 0 Å². The van der Waals surface area contributed by atoms with E-state index in [0.29, 0.717) is 3.43 Å². The Hall–Kier alpha value is 0.499. The number of aliphatic hydroxyl groups is 1. The molecule has 1 atom stereocenters. The molecule has 0 aromatic heterocycles. The van der Waals surface area contributed by atoms with Gasteiger partial charge in [-0.15, -0.1) is 0 Å². The number of aliphatic hydroxyl groups excluding tert-OH is 1. The van der Waals surface area contributed by atoms with Crippen molar-refractivity contribution in [2.75, 3.05) is 0 Å². The topological polar surface area (TPSA) is 20.2 Å². The molecule has 0 aromatic carbocycles. The SMILES string of the molecule is C/C=[C](\[Sn][C](CCCC)(CCCC)CCCC)C(C)O. The summed E-state index contributed by atoms with van der Waals surface area (Å²) in [5.74, 6) is 0. The molecule has 0 saturated heterocycles. The molecule has 0 heterocycles. The normalized spacial score (nSPS) is 14.6. The van der Waals surface area contributed by atoms with Gasteiger partial charge < -0.3 is 0 Å². The molecular formula is C18H36OSn. The zero-order valence-electron chi connectivity index (χ0n) is 14.5. The molecule has 1 nitrogen and oxygen atoms in total. The van der Waals surface area contributed by atoms with Crippen LogP contribution in [-0.2, 0) is 0 Å². The second-order valence-corrected chi connectivity index (χ2v) is 11.5. The standard InChI is InChI=1S/C13H27.C5H9O.Sn/c1-4-7-10-13(11-8-5-2)12-9-6-3;1-3-4-5(2)6;/h4-12H2,1-3H3;3,5-6H,1-2H3;. The van der Waals surface area contributed by atoms with Gasteiger partial charge in [-0.3, -0.25) is 0 Å². The Morgan fingerprint density at radius 3 is 1.65 bits per heavy atom. The maximum atomic E-state index is 10.0. The monoisotopic (exact) mass is 388 g/mol. The van der Waals surface area contributed by atoms with Crippen LogP contribution in [0.15, 0.2) is 9.67 Å². The van der Waals surface area contributed by atoms with E-state index in [9.17, 15) is 5.11 Å². The maximum absolute atomic E-state index is 10.0. The Morgan fingerprint density at radius 1 is 1.00 bits per heavy atom. The van der Waals surface area contributed by atoms with Crippen LogP contribution in [0.1, 0.15) is 92.4 Å². The average Bonchev–Trinajstić information content (AvgIpc) is 2.45. The van der Waals surface area contributed by atoms with Crippen LogP contribution in [0.4, 0.5) is 0 Å². The third-order valence-corrected chi connectivity index (χ3v) is 10.7. The molecule has 1 N–H and O–H groups in total. The molecule has 20 heavy (non-hydrogen) atoms. The molecule has 0 spiro atoms. The van der Waals surface area contributed by atoms with Crippen LogP contribution < -0.4 is 0 Å². The third-order valence-electron chi connectivity index (χ3n) is 4.20. The van der Waals surface area contributed by atoms with E-state index in [2.05, 4.69) is 33.8 Å². The fraction of sp³-hybridized carbons (Fsp3) is 0.889. The molecule has 0 aliphatic heterocycles. The molecule has 0 fully saturated rings. The van der Waals surface area contributed by atoms with E-state index in [1.54, 1.807) is 0 Å². The molecule has 2 heteroatoms. The van der Waals surface area contributed by atoms with E-state index in [1.807, 2.05) is 6.92 Å². The molecule has 0 aliphatic carbocycles. The Morgan fingerprint density at radius 2 is 1.40 bits per heavy atom. The van der Waals surface area contributed by atoms with Crippen molar-refractivity contribution in [3.8, 4) is 0 Å². The number of allylic oxidation sites excluding steroid dienone is 1. The van der Waals surface area contributed by atoms with Gasteiger partial charge in [0, 0.05) is 0 Å². The van der Waals surface area contributed by atoms with E-state index < -0.39 is 21.1 Å². The van der Waals surface area contributed by atoms with Crippen LogP contribution in [0.2, 0.25) is 3.43 Å². The minimum atomic E-state index is -0.693. The van der Waals surface area contributed by atoms with Gasteiger partial charge in [0.05, 0.1) is 0 Å². The van der Waals surface area contributed by atoms with Crippen molar-refractivity contribution in [1.82, 2.24) is 0 Å². The fourth-order valence-corrected chi connectivity index (χ4v) is 8.17. The average molecular weight is 387 g/mol. The van der Waals surface area contributed by atoms with Crippen LogP contribution in [0, 0.1) is 0 Å². The molecule has 0 aliphatic rings. The molecule has 0 aromatic rings. The second kappa shape index (κ2) is 12.1. The van der Waals surface area contributed by atoms with Crippen LogP contribution in [0.25, 0.3) is 0 Å². The summed E-state index contributed by atoms with van der Waals surface area (Å²) in [6, 6.07) is 0. The van der Waals surface area contributed by atoms with Gasteiger partial charge >= 0.3 is 138 Å². The van der Waals surface area contributed by atoms with E-state index in [1.165, 1.54) is 61.4 Å². The Labute approximate surface area is 137 Å². The summed E-state index contributed by atoms with van der Waals surface area (Å²) in [6.07, 6.45) is 14.2. The fourth-order valence-electron chi connectivity index (χ4n) is 2.83. The van der Waals surface area contributed by atoms with Gasteiger partial charge in [0.25, 0.3) is 0 Å². The van der Waals surface area contributed by atoms with E-state index in [0.717, 1.165) is 0 Å². The van der Waals surface area contributed by atoms with Crippen molar-refractivity contribution < 1.29 is 5.11 Å². The molecule has 1 unspecified atom stereocenters. The molecular weight excluding hydrogens is 351 g/mol. The van der Waals surface area contributed by atoms with Gasteiger partial charge in [0.1, 0.15) is 0 Å². The van der Waals surface area contributed by atoms with Crippen LogP contribution in [0.3, 0.4) is 0 Å². The van der Waals surface area contributed by atoms with Gasteiger partial charge in [0.15, 0.2) is 0 Å². The summed E-state index contributed by atoms with van der Waals surface area (Å²) in [6.45, 7) is 11.0. The first kappa shape index (κ1) is 20.5. The predicted octanol–water partition coefficient (Wildman–Crippen LogP) is 5.70. The molecule has 0 rings (SSSR count). The van der Waals surface area contributed by atoms with Crippen molar-refractivity contribution in [3.63, 3.8) is 0 Å². The van der Waals surface area contributed by atoms with Crippen molar-refractivity contribution in [2.24, 2.45) is 0 Å². The first-order chi connectivity index (χ1) is 9.55. The number of hydrogen-bond donors (Lipinski definition) is 1. The molecule has 0 saturated carbocycles. The van der Waals surface area contributed by atoms with E-state index in [4.69, 9.17) is 0 Å². The van der Waals surface area contributed by atoms with Crippen molar-refractivity contribution in [3.05, 3.63) is 9.67 Å². The summed E-state index contributed by atoms with van der Waals surface area (Å²) < 4.78 is 2.02. The molecule has 0 bridgehead atoms. The zero-order valence-corrected chi connectivity index (χ0v) is 17.3. The third kappa shape index (κ3) is 8.07. The summed E-state index contributed by atoms with van der Waals surface area (Å²) in [7, 11) is 0. The van der Waals surface area contributed by atoms with Crippen molar-refractivity contribution in [2.45, 2.75) is 102 Å². The van der Waals surface area contributed by atoms with E-state index in [-0.39, 0.29) is 6.10 Å². The van der Waals surface area contributed by atoms with Crippen molar-refractivity contribution >= 4 is 21.1 Å². The number of hydrogen-bond acceptors (Lipinski definition) is 1. The number of unbranched alkanes of at least 4 members (excludes halogenated alkanes) is 3. The number of rotatable bonds is 12. The Kier molecular flexibility index (Phi) is 12.4. The molecule has 0 amide bonds. The van der Waals surface area contributed by atoms with Crippen LogP contribution in [0.5, 0.6) is 0 Å². The van der Waals surface area contributed by atoms with Crippen LogP contribution in [-0.4, -0.2) is 32.4 Å². The first-order valence-corrected chi connectivity index (χ1v) is 11.5. The van der Waals surface area contributed by atoms with Gasteiger partial charge in [-0.1, -0.05) is 0 Å². The van der Waals surface area contributed by atoms with E-state index >= 15 is 0 Å². The van der Waals surface area contributed by atoms with Crippen molar-refractivity contribution in [1.29, 1.82) is 0 Å². The van der Waals surface area contributed by atoms with Crippen LogP contribution >= 0.6 is 0 Å². The molecule has 118 valence electrons. The summed E-state index contributed by atoms with van der Waals surface area (Å²) in [5, 5.41) is 10.0. The van der Waals surface area contributed by atoms with Gasteiger partial charge in [-0.25, -0.2) is 0 Å².